The smallest absolute Gasteiger partial charge is 0.183 e. The van der Waals surface area contributed by atoms with Crippen LogP contribution in [-0.2, 0) is 6.54 Å². The topological polar surface area (TPSA) is 16.1 Å². The van der Waals surface area contributed by atoms with Gasteiger partial charge >= 0.3 is 0 Å². The van der Waals surface area contributed by atoms with Crippen molar-refractivity contribution in [3.63, 3.8) is 0 Å². The quantitative estimate of drug-likeness (QED) is 0.813. The standard InChI is InChI=1S/C12H19ClN2S/c1-2-5-10-6-3-4-7-15(10)9-11-8-14-12(13)16-11/h8,10H,2-7,9H2,1H3. The number of nitrogens with zero attached hydrogens (tertiary/aromatic N) is 2. The average Bonchev–Trinajstić information content (AvgIpc) is 2.67. The zero-order valence-electron chi connectivity index (χ0n) is 9.79. The van der Waals surface area contributed by atoms with Crippen LogP contribution < -0.4 is 0 Å². The Bertz CT molecular complexity index is 325. The molecule has 0 N–H and O–H groups in total. The lowest BCUT2D eigenvalue weighted by Gasteiger charge is -2.35. The van der Waals surface area contributed by atoms with E-state index in [0.717, 1.165) is 12.6 Å². The van der Waals surface area contributed by atoms with E-state index in [1.807, 2.05) is 6.20 Å². The number of hydrogen-bond acceptors (Lipinski definition) is 3. The summed E-state index contributed by atoms with van der Waals surface area (Å²) in [4.78, 5) is 8.02. The van der Waals surface area contributed by atoms with Crippen LogP contribution in [0.3, 0.4) is 0 Å². The fourth-order valence-electron chi connectivity index (χ4n) is 2.49. The molecule has 0 amide bonds. The number of rotatable bonds is 4. The Labute approximate surface area is 107 Å². The van der Waals surface area contributed by atoms with Crippen LogP contribution in [0, 0.1) is 0 Å². The van der Waals surface area contributed by atoms with Crippen molar-refractivity contribution in [1.82, 2.24) is 9.88 Å². The normalized spacial score (nSPS) is 22.5. The van der Waals surface area contributed by atoms with Crippen LogP contribution in [0.4, 0.5) is 0 Å². The molecular weight excluding hydrogens is 240 g/mol. The summed E-state index contributed by atoms with van der Waals surface area (Å²) in [6, 6.07) is 0.777. The van der Waals surface area contributed by atoms with Crippen LogP contribution >= 0.6 is 22.9 Å². The molecule has 0 radical (unpaired) electrons. The van der Waals surface area contributed by atoms with Crippen molar-refractivity contribution in [3.8, 4) is 0 Å². The number of thiazole rings is 1. The largest absolute Gasteiger partial charge is 0.295 e. The van der Waals surface area contributed by atoms with Crippen molar-refractivity contribution in [2.45, 2.75) is 51.6 Å². The Morgan fingerprint density at radius 2 is 2.44 bits per heavy atom. The number of halogens is 1. The number of likely N-dealkylation sites (tertiary alicyclic amines) is 1. The predicted molar refractivity (Wildman–Crippen MR) is 70.1 cm³/mol. The van der Waals surface area contributed by atoms with Gasteiger partial charge < -0.3 is 0 Å². The van der Waals surface area contributed by atoms with E-state index in [-0.39, 0.29) is 0 Å². The molecule has 1 saturated heterocycles. The average molecular weight is 259 g/mol. The van der Waals surface area contributed by atoms with Crippen LogP contribution in [0.15, 0.2) is 6.20 Å². The molecule has 0 spiro atoms. The molecule has 0 aromatic carbocycles. The van der Waals surface area contributed by atoms with Crippen LogP contribution in [0.2, 0.25) is 4.47 Å². The maximum Gasteiger partial charge on any atom is 0.183 e. The molecule has 1 unspecified atom stereocenters. The summed E-state index contributed by atoms with van der Waals surface area (Å²) in [6.07, 6.45) is 8.62. The molecule has 2 rings (SSSR count). The Balaban J connectivity index is 1.95. The molecule has 4 heteroatoms. The van der Waals surface area contributed by atoms with Gasteiger partial charge in [0.05, 0.1) is 0 Å². The van der Waals surface area contributed by atoms with E-state index >= 15 is 0 Å². The number of hydrogen-bond donors (Lipinski definition) is 0. The molecule has 1 aromatic rings. The zero-order chi connectivity index (χ0) is 11.4. The van der Waals surface area contributed by atoms with Crippen molar-refractivity contribution in [2.75, 3.05) is 6.54 Å². The van der Waals surface area contributed by atoms with Gasteiger partial charge in [-0.2, -0.15) is 0 Å². The number of piperidine rings is 1. The first-order valence-electron chi connectivity index (χ1n) is 6.14. The first kappa shape index (κ1) is 12.3. The van der Waals surface area contributed by atoms with Crippen LogP contribution in [0.25, 0.3) is 0 Å². The molecule has 1 aromatic heterocycles. The zero-order valence-corrected chi connectivity index (χ0v) is 11.4. The summed E-state index contributed by atoms with van der Waals surface area (Å²) < 4.78 is 0.666. The Morgan fingerprint density at radius 3 is 3.12 bits per heavy atom. The lowest BCUT2D eigenvalue weighted by Crippen LogP contribution is -2.38. The summed E-state index contributed by atoms with van der Waals surface area (Å²) in [6.45, 7) is 4.55. The molecule has 0 bridgehead atoms. The fourth-order valence-corrected chi connectivity index (χ4v) is 3.49. The lowest BCUT2D eigenvalue weighted by atomic mass is 9.98. The molecule has 0 aliphatic carbocycles. The monoisotopic (exact) mass is 258 g/mol. The van der Waals surface area contributed by atoms with E-state index in [4.69, 9.17) is 11.6 Å². The van der Waals surface area contributed by atoms with Gasteiger partial charge in [0.15, 0.2) is 4.47 Å². The highest BCUT2D eigenvalue weighted by molar-refractivity contribution is 7.15. The van der Waals surface area contributed by atoms with E-state index in [9.17, 15) is 0 Å². The van der Waals surface area contributed by atoms with Crippen molar-refractivity contribution in [3.05, 3.63) is 15.5 Å². The van der Waals surface area contributed by atoms with Gasteiger partial charge in [-0.3, -0.25) is 4.90 Å². The highest BCUT2D eigenvalue weighted by Gasteiger charge is 2.21. The second-order valence-electron chi connectivity index (χ2n) is 4.49. The van der Waals surface area contributed by atoms with Crippen molar-refractivity contribution in [1.29, 1.82) is 0 Å². The summed E-state index contributed by atoms with van der Waals surface area (Å²) >= 11 is 7.48. The van der Waals surface area contributed by atoms with Crippen molar-refractivity contribution < 1.29 is 0 Å². The first-order chi connectivity index (χ1) is 7.79. The van der Waals surface area contributed by atoms with Gasteiger partial charge in [-0.05, 0) is 25.8 Å². The third-order valence-electron chi connectivity index (χ3n) is 3.26. The van der Waals surface area contributed by atoms with Gasteiger partial charge in [0.2, 0.25) is 0 Å². The van der Waals surface area contributed by atoms with Crippen molar-refractivity contribution in [2.24, 2.45) is 0 Å². The van der Waals surface area contributed by atoms with Gasteiger partial charge in [-0.15, -0.1) is 11.3 Å². The van der Waals surface area contributed by atoms with E-state index < -0.39 is 0 Å². The second kappa shape index (κ2) is 5.99. The highest BCUT2D eigenvalue weighted by atomic mass is 35.5. The highest BCUT2D eigenvalue weighted by Crippen LogP contribution is 2.25. The molecule has 90 valence electrons. The second-order valence-corrected chi connectivity index (χ2v) is 6.19. The summed E-state index contributed by atoms with van der Waals surface area (Å²) in [5.41, 5.74) is 0. The third kappa shape index (κ3) is 3.19. The molecule has 2 nitrogen and oxygen atoms in total. The maximum atomic E-state index is 5.86. The van der Waals surface area contributed by atoms with Gasteiger partial charge in [0.25, 0.3) is 0 Å². The fraction of sp³-hybridized carbons (Fsp3) is 0.750. The Morgan fingerprint density at radius 1 is 1.56 bits per heavy atom. The SMILES string of the molecule is CCCC1CCCCN1Cc1cnc(Cl)s1. The first-order valence-corrected chi connectivity index (χ1v) is 7.33. The summed E-state index contributed by atoms with van der Waals surface area (Å²) in [5.74, 6) is 0. The van der Waals surface area contributed by atoms with Crippen LogP contribution in [-0.4, -0.2) is 22.5 Å². The Hall–Kier alpha value is -0.120. The van der Waals surface area contributed by atoms with Gasteiger partial charge in [0.1, 0.15) is 0 Å². The molecule has 1 atom stereocenters. The Kier molecular flexibility index (Phi) is 4.62. The molecule has 2 heterocycles. The molecular formula is C12H19ClN2S. The van der Waals surface area contributed by atoms with Gasteiger partial charge in [-0.1, -0.05) is 31.4 Å². The summed E-state index contributed by atoms with van der Waals surface area (Å²) in [7, 11) is 0. The molecule has 16 heavy (non-hydrogen) atoms. The van der Waals surface area contributed by atoms with E-state index in [0.29, 0.717) is 4.47 Å². The van der Waals surface area contributed by atoms with Gasteiger partial charge in [-0.25, -0.2) is 4.98 Å². The summed E-state index contributed by atoms with van der Waals surface area (Å²) in [5, 5.41) is 0. The molecule has 0 saturated carbocycles. The minimum Gasteiger partial charge on any atom is -0.295 e. The molecule has 1 aliphatic rings. The minimum absolute atomic E-state index is 0.666. The van der Waals surface area contributed by atoms with E-state index in [1.54, 1.807) is 11.3 Å². The van der Waals surface area contributed by atoms with E-state index in [2.05, 4.69) is 16.8 Å². The number of aromatic nitrogens is 1. The maximum absolute atomic E-state index is 5.86. The van der Waals surface area contributed by atoms with Crippen molar-refractivity contribution >= 4 is 22.9 Å². The minimum atomic E-state index is 0.666. The van der Waals surface area contributed by atoms with E-state index in [1.165, 1.54) is 43.5 Å². The molecule has 1 fully saturated rings. The predicted octanol–water partition coefficient (Wildman–Crippen LogP) is 3.95. The third-order valence-corrected chi connectivity index (χ3v) is 4.35. The lowest BCUT2D eigenvalue weighted by molar-refractivity contribution is 0.133. The van der Waals surface area contributed by atoms with Crippen LogP contribution in [0.5, 0.6) is 0 Å². The van der Waals surface area contributed by atoms with Gasteiger partial charge in [0, 0.05) is 23.7 Å². The molecule has 1 aliphatic heterocycles. The van der Waals surface area contributed by atoms with Crippen LogP contribution in [0.1, 0.15) is 43.9 Å².